The number of nitrogens with two attached hydrogens (primary N) is 1. The average molecular weight is 274 g/mol. The zero-order valence-electron chi connectivity index (χ0n) is 9.87. The van der Waals surface area contributed by atoms with Crippen LogP contribution in [0, 0.1) is 6.92 Å². The third-order valence-corrected chi connectivity index (χ3v) is 3.26. The smallest absolute Gasteiger partial charge is 0.241 e. The number of nitrogens with one attached hydrogen (secondary N) is 1. The molecule has 0 unspecified atom stereocenters. The van der Waals surface area contributed by atoms with E-state index in [1.807, 2.05) is 13.2 Å². The number of hydrogen-bond donors (Lipinski definition) is 2. The predicted molar refractivity (Wildman–Crippen MR) is 73.6 cm³/mol. The molecule has 0 fully saturated rings. The molecule has 1 atom stereocenters. The largest absolute Gasteiger partial charge is 0.322 e. The lowest BCUT2D eigenvalue weighted by Crippen LogP contribution is -2.36. The molecule has 0 saturated heterocycles. The highest BCUT2D eigenvalue weighted by atomic mass is 35.5. The van der Waals surface area contributed by atoms with Crippen molar-refractivity contribution >= 4 is 35.0 Å². The Morgan fingerprint density at radius 1 is 1.71 bits per heavy atom. The van der Waals surface area contributed by atoms with Gasteiger partial charge in [0, 0.05) is 6.20 Å². The molecule has 4 nitrogen and oxygen atoms in total. The number of aryl methyl sites for hydroxylation is 1. The average Bonchev–Trinajstić information content (AvgIpc) is 2.30. The molecular weight excluding hydrogens is 258 g/mol. The number of carbonyl (C=O) groups is 1. The van der Waals surface area contributed by atoms with Gasteiger partial charge in [0.25, 0.3) is 0 Å². The van der Waals surface area contributed by atoms with Crippen molar-refractivity contribution in [1.29, 1.82) is 0 Å². The van der Waals surface area contributed by atoms with E-state index in [-0.39, 0.29) is 11.1 Å². The molecule has 0 aliphatic heterocycles. The monoisotopic (exact) mass is 273 g/mol. The van der Waals surface area contributed by atoms with Crippen LogP contribution in [0.3, 0.4) is 0 Å². The van der Waals surface area contributed by atoms with Gasteiger partial charge >= 0.3 is 0 Å². The van der Waals surface area contributed by atoms with E-state index in [1.54, 1.807) is 24.0 Å². The van der Waals surface area contributed by atoms with Crippen molar-refractivity contribution in [2.45, 2.75) is 19.4 Å². The molecule has 0 aliphatic carbocycles. The Morgan fingerprint density at radius 3 is 3.00 bits per heavy atom. The fraction of sp³-hybridized carbons (Fsp3) is 0.455. The van der Waals surface area contributed by atoms with E-state index in [4.69, 9.17) is 17.3 Å². The Kier molecular flexibility index (Phi) is 5.74. The molecule has 1 aromatic heterocycles. The molecule has 94 valence electrons. The van der Waals surface area contributed by atoms with Crippen LogP contribution in [-0.4, -0.2) is 28.9 Å². The number of nitrogens with zero attached hydrogens (tertiary/aromatic N) is 1. The van der Waals surface area contributed by atoms with Gasteiger partial charge in [-0.05, 0) is 37.0 Å². The fourth-order valence-corrected chi connectivity index (χ4v) is 2.01. The number of carbonyl (C=O) groups excluding carboxylic acids is 1. The summed E-state index contributed by atoms with van der Waals surface area (Å²) in [5.74, 6) is 0.631. The van der Waals surface area contributed by atoms with Gasteiger partial charge in [0.2, 0.25) is 5.91 Å². The van der Waals surface area contributed by atoms with Crippen molar-refractivity contribution in [2.24, 2.45) is 5.73 Å². The molecule has 0 saturated carbocycles. The second-order valence-corrected chi connectivity index (χ2v) is 5.01. The van der Waals surface area contributed by atoms with Crippen LogP contribution in [0.2, 0.25) is 5.15 Å². The van der Waals surface area contributed by atoms with Crippen molar-refractivity contribution in [2.75, 3.05) is 17.3 Å². The molecule has 1 amide bonds. The summed E-state index contributed by atoms with van der Waals surface area (Å²) in [5, 5.41) is 3.01. The van der Waals surface area contributed by atoms with E-state index in [0.717, 1.165) is 11.3 Å². The first kappa shape index (κ1) is 14.3. The lowest BCUT2D eigenvalue weighted by atomic mass is 10.2. The molecule has 0 spiro atoms. The minimum atomic E-state index is -0.516. The highest BCUT2D eigenvalue weighted by Gasteiger charge is 2.15. The normalized spacial score (nSPS) is 12.2. The summed E-state index contributed by atoms with van der Waals surface area (Å²) in [7, 11) is 0. The highest BCUT2D eigenvalue weighted by Crippen LogP contribution is 2.22. The van der Waals surface area contributed by atoms with Crippen molar-refractivity contribution in [3.05, 3.63) is 23.0 Å². The first-order valence-electron chi connectivity index (χ1n) is 5.22. The second-order valence-electron chi connectivity index (χ2n) is 3.67. The first-order chi connectivity index (χ1) is 8.06. The molecule has 0 bridgehead atoms. The summed E-state index contributed by atoms with van der Waals surface area (Å²) >= 11 is 7.57. The molecule has 0 radical (unpaired) electrons. The molecular formula is C11H16ClN3OS. The van der Waals surface area contributed by atoms with E-state index in [2.05, 4.69) is 10.3 Å². The van der Waals surface area contributed by atoms with Gasteiger partial charge in [-0.25, -0.2) is 4.98 Å². The van der Waals surface area contributed by atoms with Gasteiger partial charge in [-0.3, -0.25) is 4.79 Å². The summed E-state index contributed by atoms with van der Waals surface area (Å²) in [6.07, 6.45) is 4.22. The number of thioether (sulfide) groups is 1. The highest BCUT2D eigenvalue weighted by molar-refractivity contribution is 7.98. The summed E-state index contributed by atoms with van der Waals surface area (Å²) in [4.78, 5) is 15.7. The van der Waals surface area contributed by atoms with Crippen LogP contribution in [0.15, 0.2) is 12.3 Å². The van der Waals surface area contributed by atoms with Crippen LogP contribution in [0.5, 0.6) is 0 Å². The summed E-state index contributed by atoms with van der Waals surface area (Å²) in [6.45, 7) is 1.86. The Labute approximate surface area is 110 Å². The summed E-state index contributed by atoms with van der Waals surface area (Å²) < 4.78 is 0. The molecule has 17 heavy (non-hydrogen) atoms. The lowest BCUT2D eigenvalue weighted by Gasteiger charge is -2.13. The van der Waals surface area contributed by atoms with Crippen LogP contribution in [0.25, 0.3) is 0 Å². The summed E-state index contributed by atoms with van der Waals surface area (Å²) in [5.41, 5.74) is 7.17. The molecule has 6 heteroatoms. The third-order valence-electron chi connectivity index (χ3n) is 2.33. The number of halogens is 1. The van der Waals surface area contributed by atoms with Gasteiger partial charge in [0.15, 0.2) is 5.15 Å². The van der Waals surface area contributed by atoms with Crippen molar-refractivity contribution in [3.63, 3.8) is 0 Å². The van der Waals surface area contributed by atoms with Crippen molar-refractivity contribution < 1.29 is 4.79 Å². The number of aromatic nitrogens is 1. The maximum absolute atomic E-state index is 11.8. The first-order valence-corrected chi connectivity index (χ1v) is 7.00. The van der Waals surface area contributed by atoms with Gasteiger partial charge in [0.1, 0.15) is 0 Å². The maximum Gasteiger partial charge on any atom is 0.241 e. The molecule has 0 aliphatic rings. The van der Waals surface area contributed by atoms with Crippen LogP contribution >= 0.6 is 23.4 Å². The number of hydrogen-bond acceptors (Lipinski definition) is 4. The Bertz CT molecular complexity index is 380. The number of rotatable bonds is 5. The number of anilines is 1. The zero-order chi connectivity index (χ0) is 12.8. The Hall–Kier alpha value is -0.780. The third kappa shape index (κ3) is 4.18. The minimum absolute atomic E-state index is 0.225. The fourth-order valence-electron chi connectivity index (χ4n) is 1.27. The standard InChI is InChI=1S/C11H16ClN3OS/c1-7-3-5-14-10(12)9(7)15-11(16)8(13)4-6-17-2/h3,5,8H,4,6,13H2,1-2H3,(H,15,16)/t8-/m0/s1. The SMILES string of the molecule is CSCC[C@H](N)C(=O)Nc1c(C)ccnc1Cl. The van der Waals surface area contributed by atoms with E-state index in [1.165, 1.54) is 0 Å². The Balaban J connectivity index is 2.68. The molecule has 1 heterocycles. The predicted octanol–water partition coefficient (Wildman–Crippen LogP) is 2.06. The van der Waals surface area contributed by atoms with Gasteiger partial charge in [0.05, 0.1) is 11.7 Å². The van der Waals surface area contributed by atoms with Crippen LogP contribution in [0.1, 0.15) is 12.0 Å². The molecule has 3 N–H and O–H groups in total. The van der Waals surface area contributed by atoms with Gasteiger partial charge in [-0.1, -0.05) is 11.6 Å². The minimum Gasteiger partial charge on any atom is -0.322 e. The topological polar surface area (TPSA) is 68.0 Å². The zero-order valence-corrected chi connectivity index (χ0v) is 11.4. The van der Waals surface area contributed by atoms with Crippen molar-refractivity contribution in [1.82, 2.24) is 4.98 Å². The summed E-state index contributed by atoms with van der Waals surface area (Å²) in [6, 6.07) is 1.27. The van der Waals surface area contributed by atoms with Crippen LogP contribution in [0.4, 0.5) is 5.69 Å². The van der Waals surface area contributed by atoms with E-state index in [9.17, 15) is 4.79 Å². The van der Waals surface area contributed by atoms with Crippen LogP contribution < -0.4 is 11.1 Å². The van der Waals surface area contributed by atoms with Gasteiger partial charge in [-0.15, -0.1) is 0 Å². The van der Waals surface area contributed by atoms with E-state index < -0.39 is 6.04 Å². The lowest BCUT2D eigenvalue weighted by molar-refractivity contribution is -0.117. The molecule has 0 aromatic carbocycles. The van der Waals surface area contributed by atoms with E-state index >= 15 is 0 Å². The van der Waals surface area contributed by atoms with E-state index in [0.29, 0.717) is 12.1 Å². The number of amides is 1. The second kappa shape index (κ2) is 6.83. The molecule has 1 rings (SSSR count). The van der Waals surface area contributed by atoms with Crippen LogP contribution in [-0.2, 0) is 4.79 Å². The molecule has 1 aromatic rings. The quantitative estimate of drug-likeness (QED) is 0.806. The van der Waals surface area contributed by atoms with Gasteiger partial charge < -0.3 is 11.1 Å². The van der Waals surface area contributed by atoms with Crippen molar-refractivity contribution in [3.8, 4) is 0 Å². The Morgan fingerprint density at radius 2 is 2.41 bits per heavy atom. The maximum atomic E-state index is 11.8. The van der Waals surface area contributed by atoms with Gasteiger partial charge in [-0.2, -0.15) is 11.8 Å². The number of pyridine rings is 1.